The van der Waals surface area contributed by atoms with Gasteiger partial charge in [0.05, 0.1) is 43.8 Å². The smallest absolute Gasteiger partial charge is 0.251 e. The number of nitrogens with one attached hydrogen (secondary N) is 5. The molecule has 150 heavy (non-hydrogen) atoms. The summed E-state index contributed by atoms with van der Waals surface area (Å²) < 4.78 is 69.1. The third kappa shape index (κ3) is 23.1. The van der Waals surface area contributed by atoms with Gasteiger partial charge < -0.3 is 36.4 Å². The highest BCUT2D eigenvalue weighted by Crippen LogP contribution is 2.62. The number of halogens is 10. The molecule has 0 unspecified atom stereocenters. The van der Waals surface area contributed by atoms with Crippen LogP contribution in [0.2, 0.25) is 25.1 Å². The predicted octanol–water partition coefficient (Wildman–Crippen LogP) is 30.6. The average Bonchev–Trinajstić information content (AvgIpc) is 1.59. The summed E-state index contributed by atoms with van der Waals surface area (Å²) in [7, 11) is 0. The second kappa shape index (κ2) is 44.3. The number of hydrogen-bond acceptors (Lipinski definition) is 12. The summed E-state index contributed by atoms with van der Waals surface area (Å²) >= 11 is 29.7. The molecule has 10 aromatic carbocycles. The number of aromatic nitrogens is 5. The molecule has 770 valence electrons. The summed E-state index contributed by atoms with van der Waals surface area (Å²) in [5, 5.41) is 23.6. The maximum Gasteiger partial charge on any atom is 0.251 e. The molecule has 7 heterocycles. The van der Waals surface area contributed by atoms with Crippen LogP contribution < -0.4 is 36.4 Å². The molecule has 2 saturated heterocycles. The molecular formula is C123H118Cl5F5N12O5. The van der Waals surface area contributed by atoms with E-state index in [1.807, 2.05) is 85.3 Å². The Morgan fingerprint density at radius 2 is 0.493 bits per heavy atom. The van der Waals surface area contributed by atoms with Crippen molar-refractivity contribution in [3.8, 4) is 0 Å². The summed E-state index contributed by atoms with van der Waals surface area (Å²) in [6.45, 7) is 3.49. The maximum atomic E-state index is 13.8. The lowest BCUT2D eigenvalue weighted by atomic mass is 9.71. The summed E-state index contributed by atoms with van der Waals surface area (Å²) in [4.78, 5) is 91.1. The normalized spacial score (nSPS) is 20.9. The molecule has 8 saturated carbocycles. The van der Waals surface area contributed by atoms with Crippen molar-refractivity contribution < 1.29 is 45.9 Å². The number of amides is 5. The van der Waals surface area contributed by atoms with Gasteiger partial charge >= 0.3 is 0 Å². The SMILES string of the molecule is O=C(NC1(C2CCC(c3ccnc4ccc(F)cc34)CC2)CC1)c1ccc(Cl)cc1.O=C(NC1(C2CCN(c3ccnc4ccc(F)cc34)CC2)CC1)c1ccc(Cl)cc1.O=C(Nc1ccc(Cl)cc1)C1(C2CCC(c3ccnc4ccc(F)cc34)CC2)CC1.O=C(Nc1ccc(Cl)cc1)C1(C2CCC(c3ccnc4ccc(F)cc34)CC2)CC1.O=C(Nc1ccc(Cl)cc1)C1(C2CCN(c3ccnc4ccc(F)cc34)CC2)CC1. The van der Waals surface area contributed by atoms with Crippen molar-refractivity contribution in [2.75, 3.05) is 51.9 Å². The van der Waals surface area contributed by atoms with E-state index in [4.69, 9.17) is 58.0 Å². The molecule has 0 atom stereocenters. The fraction of sp³-hybridized carbons (Fsp3) is 0.350. The van der Waals surface area contributed by atoms with Crippen molar-refractivity contribution in [3.05, 3.63) is 356 Å². The first-order valence-electron chi connectivity index (χ1n) is 52.8. The molecule has 8 aliphatic carbocycles. The highest BCUT2D eigenvalue weighted by molar-refractivity contribution is 6.32. The van der Waals surface area contributed by atoms with E-state index < -0.39 is 0 Å². The summed E-state index contributed by atoms with van der Waals surface area (Å²) in [6, 6.07) is 69.9. The molecule has 27 heteroatoms. The summed E-state index contributed by atoms with van der Waals surface area (Å²) in [5.41, 5.74) is 12.6. The van der Waals surface area contributed by atoms with E-state index >= 15 is 0 Å². The molecule has 2 aliphatic heterocycles. The van der Waals surface area contributed by atoms with Crippen molar-refractivity contribution in [1.29, 1.82) is 0 Å². The van der Waals surface area contributed by atoms with Crippen LogP contribution in [0, 0.1) is 74.9 Å². The molecule has 5 N–H and O–H groups in total. The van der Waals surface area contributed by atoms with Crippen molar-refractivity contribution in [2.45, 2.75) is 196 Å². The number of pyridine rings is 5. The number of anilines is 5. The van der Waals surface area contributed by atoms with Crippen molar-refractivity contribution in [3.63, 3.8) is 0 Å². The number of hydrogen-bond donors (Lipinski definition) is 5. The van der Waals surface area contributed by atoms with Gasteiger partial charge in [0.25, 0.3) is 11.8 Å². The van der Waals surface area contributed by atoms with Crippen molar-refractivity contribution >= 4 is 170 Å². The molecule has 17 nitrogen and oxygen atoms in total. The number of fused-ring (bicyclic) bond motifs is 5. The van der Waals surface area contributed by atoms with Crippen molar-refractivity contribution in [1.82, 2.24) is 35.6 Å². The number of rotatable bonds is 20. The van der Waals surface area contributed by atoms with Crippen LogP contribution in [-0.2, 0) is 14.4 Å². The molecule has 5 amide bonds. The lowest BCUT2D eigenvalue weighted by Gasteiger charge is -2.38. The van der Waals surface area contributed by atoms with Crippen LogP contribution in [0.5, 0.6) is 0 Å². The van der Waals surface area contributed by atoms with Gasteiger partial charge in [-0.3, -0.25) is 48.9 Å². The zero-order chi connectivity index (χ0) is 104. The monoisotopic (exact) mass is 2110 g/mol. The van der Waals surface area contributed by atoms with Crippen molar-refractivity contribution in [2.24, 2.45) is 45.8 Å². The van der Waals surface area contributed by atoms with Gasteiger partial charge in [-0.05, 0) is 474 Å². The maximum absolute atomic E-state index is 13.8. The van der Waals surface area contributed by atoms with E-state index in [9.17, 15) is 45.9 Å². The van der Waals surface area contributed by atoms with E-state index in [0.29, 0.717) is 83.6 Å². The number of nitrogens with zero attached hydrogens (tertiary/aromatic N) is 7. The molecule has 0 bridgehead atoms. The van der Waals surface area contributed by atoms with Crippen LogP contribution in [0.15, 0.2) is 274 Å². The van der Waals surface area contributed by atoms with Crippen LogP contribution in [-0.4, -0.2) is 91.7 Å². The van der Waals surface area contributed by atoms with Gasteiger partial charge in [0, 0.05) is 160 Å². The van der Waals surface area contributed by atoms with Gasteiger partial charge in [0.15, 0.2) is 0 Å². The molecule has 15 aromatic rings. The van der Waals surface area contributed by atoms with Gasteiger partial charge in [0.2, 0.25) is 17.7 Å². The van der Waals surface area contributed by atoms with Gasteiger partial charge in [-0.25, -0.2) is 22.0 Å². The van der Waals surface area contributed by atoms with Crippen LogP contribution in [0.4, 0.5) is 50.4 Å². The Balaban J connectivity index is 0.000000109. The van der Waals surface area contributed by atoms with Crippen LogP contribution >= 0.6 is 58.0 Å². The van der Waals surface area contributed by atoms with E-state index in [1.165, 1.54) is 47.0 Å². The Morgan fingerprint density at radius 1 is 0.260 bits per heavy atom. The van der Waals surface area contributed by atoms with E-state index in [1.54, 1.807) is 158 Å². The van der Waals surface area contributed by atoms with E-state index in [-0.39, 0.29) is 85.9 Å². The van der Waals surface area contributed by atoms with Gasteiger partial charge in [-0.15, -0.1) is 0 Å². The minimum Gasteiger partial charge on any atom is -0.371 e. The first kappa shape index (κ1) is 103. The fourth-order valence-corrected chi connectivity index (χ4v) is 25.7. The molecule has 0 spiro atoms. The molecule has 0 radical (unpaired) electrons. The largest absolute Gasteiger partial charge is 0.371 e. The van der Waals surface area contributed by atoms with Crippen LogP contribution in [0.3, 0.4) is 0 Å². The first-order valence-corrected chi connectivity index (χ1v) is 54.7. The Bertz CT molecular complexity index is 6890. The summed E-state index contributed by atoms with van der Waals surface area (Å²) in [5.74, 6) is 2.56. The van der Waals surface area contributed by atoms with E-state index in [0.717, 1.165) is 276 Å². The number of piperidine rings is 2. The average molecular weight is 2120 g/mol. The topological polar surface area (TPSA) is 216 Å². The zero-order valence-electron chi connectivity index (χ0n) is 83.3. The highest BCUT2D eigenvalue weighted by Gasteiger charge is 2.59. The Kier molecular flexibility index (Phi) is 30.5. The third-order valence-corrected chi connectivity index (χ3v) is 35.5. The van der Waals surface area contributed by atoms with Crippen LogP contribution in [0.25, 0.3) is 54.5 Å². The third-order valence-electron chi connectivity index (χ3n) is 34.2. The standard InChI is InChI=1S/3C25H24ClFN2O.2C24H23ClFN3O/c26-19-7-3-17(4-8-19)24(30)29-25(12-13-25)18-5-1-16(2-6-18)21-11-14-28-23-10-9-20(27)15-22(21)23;2*26-18-5-8-20(9-6-18)29-24(30)25(12-13-25)17-3-1-16(2-4-17)21-11-14-28-23-10-7-19(27)15-22(21)23;25-17-1-4-19(5-2-17)28-23(30)24(10-11-24)16-8-13-29(14-9-16)22-7-12-27-21-6-3-18(26)15-20(21)22;25-18-3-1-16(2-4-18)23(30)28-24(10-11-24)17-8-13-29(14-9-17)22-7-12-27-21-6-5-19(26)15-20(21)22/h3-4,7-11,14-16,18H,1-2,5-6,12-13H2,(H,29,30);2*5-11,14-17H,1-4,12-13H2,(H,29,30);1-7,12,15-16H,8-11,13-14H2,(H,28,30);1-7,12,15,17H,8-11,13-14H2,(H,28,30). The Labute approximate surface area is 894 Å². The highest BCUT2D eigenvalue weighted by atomic mass is 35.5. The number of benzene rings is 10. The first-order chi connectivity index (χ1) is 72.7. The number of carbonyl (C=O) groups excluding carboxylic acids is 5. The second-order valence-corrected chi connectivity index (χ2v) is 45.1. The molecule has 10 aliphatic rings. The number of carbonyl (C=O) groups is 5. The van der Waals surface area contributed by atoms with Gasteiger partial charge in [0.1, 0.15) is 29.1 Å². The van der Waals surface area contributed by atoms with Crippen LogP contribution in [0.1, 0.15) is 222 Å². The van der Waals surface area contributed by atoms with Gasteiger partial charge in [-0.2, -0.15) is 0 Å². The minimum atomic E-state index is -0.252. The molecule has 10 fully saturated rings. The summed E-state index contributed by atoms with van der Waals surface area (Å²) in [6.07, 6.45) is 35.3. The predicted molar refractivity (Wildman–Crippen MR) is 589 cm³/mol. The Morgan fingerprint density at radius 3 is 0.767 bits per heavy atom. The Hall–Kier alpha value is -12.7. The fourth-order valence-electron chi connectivity index (χ4n) is 25.0. The quantitative estimate of drug-likeness (QED) is 0.0451. The van der Waals surface area contributed by atoms with Gasteiger partial charge in [-0.1, -0.05) is 58.0 Å². The zero-order valence-corrected chi connectivity index (χ0v) is 87.0. The molecule has 25 rings (SSSR count). The second-order valence-electron chi connectivity index (χ2n) is 42.9. The minimum absolute atomic E-state index is 0.0121. The molecular weight excluding hydrogens is 2000 g/mol. The van der Waals surface area contributed by atoms with E-state index in [2.05, 4.69) is 61.3 Å². The lowest BCUT2D eigenvalue weighted by molar-refractivity contribution is -0.124. The molecule has 5 aromatic heterocycles. The lowest BCUT2D eigenvalue weighted by Crippen LogP contribution is -2.47.